The normalized spacial score (nSPS) is 10.9. The van der Waals surface area contributed by atoms with E-state index in [1.807, 2.05) is 36.4 Å². The molecule has 148 valence electrons. The molecule has 2 N–H and O–H groups in total. The molecule has 0 unspecified atom stereocenters. The van der Waals surface area contributed by atoms with Crippen molar-refractivity contribution in [2.75, 3.05) is 19.5 Å². The molecular weight excluding hydrogens is 390 g/mol. The first-order chi connectivity index (χ1) is 14.2. The Hall–Kier alpha value is -3.32. The fraction of sp³-hybridized carbons (Fsp3) is 0.190. The number of ether oxygens (including phenoxy) is 2. The van der Waals surface area contributed by atoms with Gasteiger partial charge in [-0.2, -0.15) is 5.10 Å². The van der Waals surface area contributed by atoms with Gasteiger partial charge in [0.25, 0.3) is 0 Å². The zero-order valence-corrected chi connectivity index (χ0v) is 16.8. The fourth-order valence-electron chi connectivity index (χ4n) is 3.12. The molecule has 8 heteroatoms. The van der Waals surface area contributed by atoms with E-state index in [2.05, 4.69) is 25.5 Å². The van der Waals surface area contributed by atoms with Gasteiger partial charge in [-0.25, -0.2) is 9.97 Å². The van der Waals surface area contributed by atoms with E-state index >= 15 is 0 Å². The topological polar surface area (TPSA) is 85.0 Å². The van der Waals surface area contributed by atoms with Gasteiger partial charge in [-0.15, -0.1) is 0 Å². The van der Waals surface area contributed by atoms with E-state index in [0.717, 1.165) is 41.0 Å². The Morgan fingerprint density at radius 1 is 1.00 bits per heavy atom. The Kier molecular flexibility index (Phi) is 5.48. The molecule has 0 aliphatic heterocycles. The Labute approximate surface area is 173 Å². The second kappa shape index (κ2) is 8.36. The molecule has 2 heterocycles. The van der Waals surface area contributed by atoms with Gasteiger partial charge in [-0.05, 0) is 42.7 Å². The Morgan fingerprint density at radius 2 is 1.79 bits per heavy atom. The van der Waals surface area contributed by atoms with Crippen LogP contribution in [0.1, 0.15) is 11.3 Å². The van der Waals surface area contributed by atoms with Crippen LogP contribution < -0.4 is 14.8 Å². The smallest absolute Gasteiger partial charge is 0.153 e. The minimum absolute atomic E-state index is 0.587. The number of aromatic amines is 1. The first kappa shape index (κ1) is 19.0. The lowest BCUT2D eigenvalue weighted by Gasteiger charge is -2.08. The van der Waals surface area contributed by atoms with Gasteiger partial charge in [0.1, 0.15) is 23.6 Å². The number of fused-ring (bicyclic) bond motifs is 1. The molecule has 0 aliphatic rings. The van der Waals surface area contributed by atoms with Crippen LogP contribution in [0.25, 0.3) is 10.9 Å². The van der Waals surface area contributed by atoms with E-state index in [9.17, 15) is 0 Å². The molecule has 0 atom stereocenters. The number of H-pyrrole nitrogens is 1. The number of methoxy groups -OCH3 is 2. The second-order valence-electron chi connectivity index (χ2n) is 6.48. The van der Waals surface area contributed by atoms with E-state index in [1.165, 1.54) is 6.33 Å². The second-order valence-corrected chi connectivity index (χ2v) is 6.89. The van der Waals surface area contributed by atoms with Crippen molar-refractivity contribution in [3.63, 3.8) is 0 Å². The number of nitrogens with zero attached hydrogens (tertiary/aromatic N) is 3. The summed E-state index contributed by atoms with van der Waals surface area (Å²) in [5.74, 6) is 2.90. The molecular formula is C21H20ClN5O2. The fourth-order valence-corrected chi connectivity index (χ4v) is 3.34. The third-order valence-electron chi connectivity index (χ3n) is 4.59. The quantitative estimate of drug-likeness (QED) is 0.465. The minimum Gasteiger partial charge on any atom is -0.497 e. The summed E-state index contributed by atoms with van der Waals surface area (Å²) < 4.78 is 10.7. The molecule has 0 radical (unpaired) electrons. The van der Waals surface area contributed by atoms with Crippen molar-refractivity contribution in [1.29, 1.82) is 0 Å². The van der Waals surface area contributed by atoms with Gasteiger partial charge in [-0.1, -0.05) is 17.7 Å². The molecule has 29 heavy (non-hydrogen) atoms. The predicted octanol–water partition coefficient (Wildman–Crippen LogP) is 4.55. The van der Waals surface area contributed by atoms with Crippen LogP contribution >= 0.6 is 11.6 Å². The average molecular weight is 410 g/mol. The first-order valence-corrected chi connectivity index (χ1v) is 9.46. The number of aryl methyl sites for hydroxylation is 2. The summed E-state index contributed by atoms with van der Waals surface area (Å²) in [6.07, 6.45) is 3.10. The van der Waals surface area contributed by atoms with Crippen molar-refractivity contribution < 1.29 is 9.47 Å². The molecule has 0 amide bonds. The lowest BCUT2D eigenvalue weighted by molar-refractivity contribution is 0.393. The van der Waals surface area contributed by atoms with Crippen LogP contribution in [0.5, 0.6) is 11.5 Å². The maximum Gasteiger partial charge on any atom is 0.153 e. The van der Waals surface area contributed by atoms with Crippen molar-refractivity contribution in [2.45, 2.75) is 12.8 Å². The highest BCUT2D eigenvalue weighted by molar-refractivity contribution is 6.35. The van der Waals surface area contributed by atoms with Crippen molar-refractivity contribution >= 4 is 34.1 Å². The summed E-state index contributed by atoms with van der Waals surface area (Å²) in [5, 5.41) is 12.1. The molecule has 7 nitrogen and oxygen atoms in total. The largest absolute Gasteiger partial charge is 0.497 e. The van der Waals surface area contributed by atoms with Crippen LogP contribution in [0.2, 0.25) is 5.02 Å². The molecule has 4 rings (SSSR count). The highest BCUT2D eigenvalue weighted by Crippen LogP contribution is 2.27. The van der Waals surface area contributed by atoms with E-state index < -0.39 is 0 Å². The number of hydrogen-bond acceptors (Lipinski definition) is 6. The van der Waals surface area contributed by atoms with Crippen LogP contribution in [0.15, 0.2) is 48.8 Å². The number of benzene rings is 2. The number of hydrogen-bond donors (Lipinski definition) is 2. The van der Waals surface area contributed by atoms with Crippen molar-refractivity contribution in [1.82, 2.24) is 20.2 Å². The van der Waals surface area contributed by atoms with E-state index in [-0.39, 0.29) is 0 Å². The number of rotatable bonds is 7. The third-order valence-corrected chi connectivity index (χ3v) is 4.89. The first-order valence-electron chi connectivity index (χ1n) is 9.09. The van der Waals surface area contributed by atoms with Gasteiger partial charge in [0, 0.05) is 23.2 Å². The standard InChI is InChI=1S/C21H20ClN5O2/c1-28-15-8-13(9-16(11-15)29-2)6-7-14-10-19(27-26-14)25-21-17-4-3-5-18(22)20(17)23-12-24-21/h3-5,8-12H,6-7H2,1-2H3,(H2,23,24,25,26,27). The Balaban J connectivity index is 1.48. The summed E-state index contributed by atoms with van der Waals surface area (Å²) in [6, 6.07) is 13.4. The van der Waals surface area contributed by atoms with Gasteiger partial charge in [0.2, 0.25) is 0 Å². The molecule has 0 bridgehead atoms. The number of para-hydroxylation sites is 1. The number of halogens is 1. The summed E-state index contributed by atoms with van der Waals surface area (Å²) in [4.78, 5) is 8.57. The minimum atomic E-state index is 0.587. The third kappa shape index (κ3) is 4.25. The van der Waals surface area contributed by atoms with Crippen LogP contribution in [-0.2, 0) is 12.8 Å². The summed E-state index contributed by atoms with van der Waals surface area (Å²) in [6.45, 7) is 0. The van der Waals surface area contributed by atoms with E-state index in [4.69, 9.17) is 21.1 Å². The lowest BCUT2D eigenvalue weighted by Crippen LogP contribution is -1.96. The van der Waals surface area contributed by atoms with Gasteiger partial charge >= 0.3 is 0 Å². The zero-order valence-electron chi connectivity index (χ0n) is 16.1. The van der Waals surface area contributed by atoms with E-state index in [1.54, 1.807) is 20.3 Å². The summed E-state index contributed by atoms with van der Waals surface area (Å²) >= 11 is 6.22. The molecule has 0 saturated carbocycles. The summed E-state index contributed by atoms with van der Waals surface area (Å²) in [7, 11) is 3.30. The molecule has 4 aromatic rings. The average Bonchev–Trinajstić information content (AvgIpc) is 3.20. The maximum absolute atomic E-state index is 6.22. The van der Waals surface area contributed by atoms with E-state index in [0.29, 0.717) is 22.2 Å². The molecule has 2 aromatic carbocycles. The highest BCUT2D eigenvalue weighted by Gasteiger charge is 2.09. The number of aromatic nitrogens is 4. The van der Waals surface area contributed by atoms with Crippen LogP contribution in [0.3, 0.4) is 0 Å². The molecule has 0 aliphatic carbocycles. The molecule has 0 saturated heterocycles. The number of nitrogens with one attached hydrogen (secondary N) is 2. The summed E-state index contributed by atoms with van der Waals surface area (Å²) in [5.41, 5.74) is 2.84. The highest BCUT2D eigenvalue weighted by atomic mass is 35.5. The predicted molar refractivity (Wildman–Crippen MR) is 113 cm³/mol. The van der Waals surface area contributed by atoms with Gasteiger partial charge < -0.3 is 14.8 Å². The SMILES string of the molecule is COc1cc(CCc2cc(Nc3ncnc4c(Cl)cccc34)n[nH]2)cc(OC)c1. The molecule has 0 spiro atoms. The van der Waals surface area contributed by atoms with Gasteiger partial charge in [0.05, 0.1) is 24.8 Å². The van der Waals surface area contributed by atoms with Gasteiger partial charge in [-0.3, -0.25) is 5.10 Å². The maximum atomic E-state index is 6.22. The Morgan fingerprint density at radius 3 is 2.55 bits per heavy atom. The molecule has 2 aromatic heterocycles. The van der Waals surface area contributed by atoms with Crippen molar-refractivity contribution in [2.24, 2.45) is 0 Å². The monoisotopic (exact) mass is 409 g/mol. The van der Waals surface area contributed by atoms with Crippen LogP contribution in [0.4, 0.5) is 11.6 Å². The lowest BCUT2D eigenvalue weighted by atomic mass is 10.1. The van der Waals surface area contributed by atoms with Gasteiger partial charge in [0.15, 0.2) is 5.82 Å². The van der Waals surface area contributed by atoms with Crippen molar-refractivity contribution in [3.05, 3.63) is 65.1 Å². The van der Waals surface area contributed by atoms with Crippen molar-refractivity contribution in [3.8, 4) is 11.5 Å². The zero-order chi connectivity index (χ0) is 20.2. The van der Waals surface area contributed by atoms with Crippen LogP contribution in [0, 0.1) is 0 Å². The Bertz CT molecular complexity index is 1120. The number of anilines is 2. The van der Waals surface area contributed by atoms with Crippen LogP contribution in [-0.4, -0.2) is 34.4 Å². The molecule has 0 fully saturated rings.